The number of carbonyl (C=O) groups is 1. The highest BCUT2D eigenvalue weighted by molar-refractivity contribution is 5.94. The molecule has 2 fully saturated rings. The third kappa shape index (κ3) is 2.99. The highest BCUT2D eigenvalue weighted by atomic mass is 19.3. The number of aromatic nitrogens is 3. The molecule has 2 aliphatic rings. The maximum Gasteiger partial charge on any atom is 0.333 e. The van der Waals surface area contributed by atoms with Crippen molar-refractivity contribution in [3.63, 3.8) is 0 Å². The Balaban J connectivity index is 1.40. The molecule has 0 N–H and O–H groups in total. The second kappa shape index (κ2) is 6.14. The summed E-state index contributed by atoms with van der Waals surface area (Å²) in [5.41, 5.74) is 0.963. The standard InChI is InChI=1S/C16H16F3N5O/c17-11-1-2-12(20-5-11)7-22-8-14-3-13(22)9-23(14)15(25)10-4-21-24(6-10)16(18)19/h1-2,4-6,13-14,16H,3,7-9H2/t13-,14-/m0/s1. The lowest BCUT2D eigenvalue weighted by molar-refractivity contribution is 0.0558. The predicted molar refractivity (Wildman–Crippen MR) is 81.3 cm³/mol. The number of halogens is 3. The van der Waals surface area contributed by atoms with Crippen LogP contribution in [0.2, 0.25) is 0 Å². The van der Waals surface area contributed by atoms with E-state index in [1.807, 2.05) is 0 Å². The number of hydrogen-bond acceptors (Lipinski definition) is 4. The van der Waals surface area contributed by atoms with Crippen molar-refractivity contribution >= 4 is 5.91 Å². The van der Waals surface area contributed by atoms with Crippen LogP contribution in [-0.4, -0.2) is 55.6 Å². The number of rotatable bonds is 4. The maximum atomic E-state index is 12.9. The van der Waals surface area contributed by atoms with Crippen LogP contribution in [0.5, 0.6) is 0 Å². The second-order valence-corrected chi connectivity index (χ2v) is 6.38. The Bertz CT molecular complexity index is 778. The number of likely N-dealkylation sites (tertiary alicyclic amines) is 2. The quantitative estimate of drug-likeness (QED) is 0.844. The van der Waals surface area contributed by atoms with Gasteiger partial charge in [-0.25, -0.2) is 9.07 Å². The minimum Gasteiger partial charge on any atom is -0.333 e. The number of pyridine rings is 1. The Morgan fingerprint density at radius 3 is 2.68 bits per heavy atom. The number of carbonyl (C=O) groups excluding carboxylic acids is 1. The molecule has 0 aliphatic carbocycles. The number of amides is 1. The Morgan fingerprint density at radius 1 is 1.24 bits per heavy atom. The largest absolute Gasteiger partial charge is 0.333 e. The van der Waals surface area contributed by atoms with E-state index < -0.39 is 6.55 Å². The molecule has 0 radical (unpaired) electrons. The van der Waals surface area contributed by atoms with E-state index >= 15 is 0 Å². The van der Waals surface area contributed by atoms with Gasteiger partial charge in [-0.1, -0.05) is 0 Å². The molecule has 132 valence electrons. The number of alkyl halides is 2. The van der Waals surface area contributed by atoms with Gasteiger partial charge in [-0.3, -0.25) is 14.7 Å². The molecular formula is C16H16F3N5O. The molecule has 25 heavy (non-hydrogen) atoms. The van der Waals surface area contributed by atoms with Crippen LogP contribution in [0.4, 0.5) is 13.2 Å². The fourth-order valence-electron chi connectivity index (χ4n) is 3.62. The lowest BCUT2D eigenvalue weighted by Gasteiger charge is -2.33. The Hall–Kier alpha value is -2.42. The van der Waals surface area contributed by atoms with Crippen molar-refractivity contribution in [1.29, 1.82) is 0 Å². The zero-order valence-electron chi connectivity index (χ0n) is 13.2. The van der Waals surface area contributed by atoms with Crippen molar-refractivity contribution in [2.24, 2.45) is 0 Å². The van der Waals surface area contributed by atoms with E-state index in [4.69, 9.17) is 0 Å². The highest BCUT2D eigenvalue weighted by Crippen LogP contribution is 2.32. The van der Waals surface area contributed by atoms with Gasteiger partial charge in [0.2, 0.25) is 0 Å². The van der Waals surface area contributed by atoms with E-state index in [0.29, 0.717) is 24.3 Å². The van der Waals surface area contributed by atoms with Crippen LogP contribution in [0.15, 0.2) is 30.7 Å². The third-order valence-corrected chi connectivity index (χ3v) is 4.82. The molecule has 1 amide bonds. The third-order valence-electron chi connectivity index (χ3n) is 4.82. The first-order valence-corrected chi connectivity index (χ1v) is 7.99. The van der Waals surface area contributed by atoms with E-state index in [-0.39, 0.29) is 29.4 Å². The molecule has 2 aromatic heterocycles. The topological polar surface area (TPSA) is 54.3 Å². The molecule has 2 saturated heterocycles. The molecule has 0 saturated carbocycles. The average molecular weight is 351 g/mol. The molecule has 4 heterocycles. The van der Waals surface area contributed by atoms with Crippen molar-refractivity contribution in [2.45, 2.75) is 31.6 Å². The summed E-state index contributed by atoms with van der Waals surface area (Å²) in [5.74, 6) is -0.633. The fourth-order valence-corrected chi connectivity index (χ4v) is 3.62. The number of piperazine rings is 1. The first kappa shape index (κ1) is 16.1. The summed E-state index contributed by atoms with van der Waals surface area (Å²) in [6, 6.07) is 3.29. The van der Waals surface area contributed by atoms with Gasteiger partial charge >= 0.3 is 6.55 Å². The van der Waals surface area contributed by atoms with Gasteiger partial charge in [-0.05, 0) is 18.6 Å². The highest BCUT2D eigenvalue weighted by Gasteiger charge is 2.45. The monoisotopic (exact) mass is 351 g/mol. The number of hydrogen-bond donors (Lipinski definition) is 0. The SMILES string of the molecule is O=C(c1cnn(C(F)F)c1)N1C[C@@H]2C[C@H]1CN2Cc1ccc(F)cn1. The van der Waals surface area contributed by atoms with Crippen molar-refractivity contribution in [2.75, 3.05) is 13.1 Å². The van der Waals surface area contributed by atoms with Gasteiger partial charge in [-0.15, -0.1) is 0 Å². The van der Waals surface area contributed by atoms with Gasteiger partial charge in [0.15, 0.2) is 0 Å². The van der Waals surface area contributed by atoms with Crippen molar-refractivity contribution < 1.29 is 18.0 Å². The molecule has 0 unspecified atom stereocenters. The maximum absolute atomic E-state index is 12.9. The molecule has 6 nitrogen and oxygen atoms in total. The molecular weight excluding hydrogens is 335 g/mol. The molecule has 2 atom stereocenters. The number of fused-ring (bicyclic) bond motifs is 2. The summed E-state index contributed by atoms with van der Waals surface area (Å²) >= 11 is 0. The summed E-state index contributed by atoms with van der Waals surface area (Å²) < 4.78 is 38.6. The summed E-state index contributed by atoms with van der Waals surface area (Å²) in [5, 5.41) is 3.52. The lowest BCUT2D eigenvalue weighted by atomic mass is 10.2. The zero-order valence-corrected chi connectivity index (χ0v) is 13.2. The predicted octanol–water partition coefficient (Wildman–Crippen LogP) is 1.91. The molecule has 0 spiro atoms. The Kier molecular flexibility index (Phi) is 3.95. The van der Waals surface area contributed by atoms with Crippen LogP contribution in [0, 0.1) is 5.82 Å². The first-order chi connectivity index (χ1) is 12.0. The Labute approximate surface area is 141 Å². The van der Waals surface area contributed by atoms with Crippen LogP contribution in [0.3, 0.4) is 0 Å². The van der Waals surface area contributed by atoms with E-state index in [2.05, 4.69) is 15.0 Å². The smallest absolute Gasteiger partial charge is 0.333 e. The fraction of sp³-hybridized carbons (Fsp3) is 0.438. The van der Waals surface area contributed by atoms with Gasteiger partial charge in [0, 0.05) is 37.9 Å². The Morgan fingerprint density at radius 2 is 2.08 bits per heavy atom. The van der Waals surface area contributed by atoms with E-state index in [1.54, 1.807) is 11.0 Å². The molecule has 9 heteroatoms. The average Bonchev–Trinajstić information content (AvgIpc) is 3.31. The van der Waals surface area contributed by atoms with Crippen molar-refractivity contribution in [3.05, 3.63) is 47.8 Å². The van der Waals surface area contributed by atoms with Crippen molar-refractivity contribution in [3.8, 4) is 0 Å². The molecule has 2 aromatic rings. The summed E-state index contributed by atoms with van der Waals surface area (Å²) in [7, 11) is 0. The zero-order chi connectivity index (χ0) is 17.6. The lowest BCUT2D eigenvalue weighted by Crippen LogP contribution is -2.48. The minimum absolute atomic E-state index is 0.0489. The van der Waals surface area contributed by atoms with Gasteiger partial charge < -0.3 is 4.90 Å². The summed E-state index contributed by atoms with van der Waals surface area (Å²) in [6.45, 7) is -0.911. The minimum atomic E-state index is -2.75. The molecule has 0 aromatic carbocycles. The second-order valence-electron chi connectivity index (χ2n) is 6.38. The van der Waals surface area contributed by atoms with Gasteiger partial charge in [0.05, 0.1) is 23.7 Å². The van der Waals surface area contributed by atoms with Gasteiger partial charge in [-0.2, -0.15) is 13.9 Å². The molecule has 4 rings (SSSR count). The van der Waals surface area contributed by atoms with E-state index in [9.17, 15) is 18.0 Å². The van der Waals surface area contributed by atoms with E-state index in [1.165, 1.54) is 18.5 Å². The van der Waals surface area contributed by atoms with Crippen LogP contribution in [0.1, 0.15) is 29.0 Å². The van der Waals surface area contributed by atoms with Gasteiger partial charge in [0.1, 0.15) is 5.82 Å². The molecule has 2 bridgehead atoms. The summed E-state index contributed by atoms with van der Waals surface area (Å²) in [4.78, 5) is 20.5. The summed E-state index contributed by atoms with van der Waals surface area (Å²) in [6.07, 6.45) is 4.30. The van der Waals surface area contributed by atoms with Crippen molar-refractivity contribution in [1.82, 2.24) is 24.6 Å². The number of nitrogens with zero attached hydrogens (tertiary/aromatic N) is 5. The van der Waals surface area contributed by atoms with Crippen LogP contribution in [-0.2, 0) is 6.54 Å². The van der Waals surface area contributed by atoms with Crippen LogP contribution >= 0.6 is 0 Å². The van der Waals surface area contributed by atoms with E-state index in [0.717, 1.165) is 18.3 Å². The first-order valence-electron chi connectivity index (χ1n) is 7.99. The van der Waals surface area contributed by atoms with Crippen LogP contribution < -0.4 is 0 Å². The molecule has 2 aliphatic heterocycles. The van der Waals surface area contributed by atoms with Crippen LogP contribution in [0.25, 0.3) is 0 Å². The van der Waals surface area contributed by atoms with Gasteiger partial charge in [0.25, 0.3) is 5.91 Å². The normalized spacial score (nSPS) is 23.0.